The van der Waals surface area contributed by atoms with Crippen LogP contribution in [-0.2, 0) is 6.54 Å². The standard InChI is InChI=1S/C17H23N3O/c1-14-15(11-18-13-17(21)9-5-6-10-17)12-20(19-14)16-7-3-2-4-8-16/h2-4,7-8,12,18,21H,5-6,9-11,13H2,1H3. The summed E-state index contributed by atoms with van der Waals surface area (Å²) in [6, 6.07) is 10.1. The monoisotopic (exact) mass is 285 g/mol. The number of hydrogen-bond acceptors (Lipinski definition) is 3. The summed E-state index contributed by atoms with van der Waals surface area (Å²) in [6.07, 6.45) is 6.19. The zero-order chi connectivity index (χ0) is 14.7. The average Bonchev–Trinajstić information content (AvgIpc) is 3.07. The van der Waals surface area contributed by atoms with Crippen molar-refractivity contribution in [3.63, 3.8) is 0 Å². The van der Waals surface area contributed by atoms with E-state index in [1.807, 2.05) is 41.9 Å². The summed E-state index contributed by atoms with van der Waals surface area (Å²) in [4.78, 5) is 0. The van der Waals surface area contributed by atoms with Crippen LogP contribution in [0.25, 0.3) is 5.69 Å². The average molecular weight is 285 g/mol. The Morgan fingerprint density at radius 1 is 1.24 bits per heavy atom. The quantitative estimate of drug-likeness (QED) is 0.887. The van der Waals surface area contributed by atoms with Gasteiger partial charge in [-0.1, -0.05) is 31.0 Å². The molecule has 3 rings (SSSR count). The van der Waals surface area contributed by atoms with Gasteiger partial charge < -0.3 is 10.4 Å². The number of benzene rings is 1. The van der Waals surface area contributed by atoms with Gasteiger partial charge in [-0.2, -0.15) is 5.10 Å². The first kappa shape index (κ1) is 14.3. The molecule has 1 fully saturated rings. The molecule has 0 radical (unpaired) electrons. The van der Waals surface area contributed by atoms with Crippen LogP contribution >= 0.6 is 0 Å². The number of aliphatic hydroxyl groups is 1. The summed E-state index contributed by atoms with van der Waals surface area (Å²) in [5.74, 6) is 0. The Morgan fingerprint density at radius 3 is 2.67 bits per heavy atom. The molecule has 4 nitrogen and oxygen atoms in total. The molecule has 1 aromatic heterocycles. The third-order valence-electron chi connectivity index (χ3n) is 4.33. The van der Waals surface area contributed by atoms with Gasteiger partial charge in [-0.3, -0.25) is 0 Å². The van der Waals surface area contributed by atoms with Crippen molar-refractivity contribution in [3.8, 4) is 5.69 Å². The Labute approximate surface area is 125 Å². The maximum absolute atomic E-state index is 10.3. The lowest BCUT2D eigenvalue weighted by molar-refractivity contribution is 0.0474. The fourth-order valence-electron chi connectivity index (χ4n) is 3.02. The predicted molar refractivity (Wildman–Crippen MR) is 83.4 cm³/mol. The summed E-state index contributed by atoms with van der Waals surface area (Å²) < 4.78 is 1.91. The van der Waals surface area contributed by atoms with Crippen molar-refractivity contribution < 1.29 is 5.11 Å². The lowest BCUT2D eigenvalue weighted by Gasteiger charge is -2.22. The van der Waals surface area contributed by atoms with Crippen molar-refractivity contribution in [2.75, 3.05) is 6.54 Å². The molecule has 2 N–H and O–H groups in total. The first-order valence-corrected chi connectivity index (χ1v) is 7.70. The van der Waals surface area contributed by atoms with Crippen LogP contribution in [0.15, 0.2) is 36.5 Å². The summed E-state index contributed by atoms with van der Waals surface area (Å²) in [6.45, 7) is 3.45. The van der Waals surface area contributed by atoms with Crippen LogP contribution in [0.2, 0.25) is 0 Å². The molecule has 4 heteroatoms. The van der Waals surface area contributed by atoms with Crippen LogP contribution < -0.4 is 5.32 Å². The molecule has 1 aliphatic rings. The lowest BCUT2D eigenvalue weighted by Crippen LogP contribution is -2.37. The minimum absolute atomic E-state index is 0.497. The molecule has 2 aromatic rings. The number of nitrogens with zero attached hydrogens (tertiary/aromatic N) is 2. The molecule has 0 amide bonds. The molecule has 112 valence electrons. The molecular formula is C17H23N3O. The number of rotatable bonds is 5. The van der Waals surface area contributed by atoms with Crippen LogP contribution in [0, 0.1) is 6.92 Å². The SMILES string of the molecule is Cc1nn(-c2ccccc2)cc1CNCC1(O)CCCC1. The fourth-order valence-corrected chi connectivity index (χ4v) is 3.02. The summed E-state index contributed by atoms with van der Waals surface area (Å²) in [5, 5.41) is 18.3. The molecule has 1 saturated carbocycles. The second-order valence-corrected chi connectivity index (χ2v) is 6.05. The topological polar surface area (TPSA) is 50.1 Å². The van der Waals surface area contributed by atoms with Crippen molar-refractivity contribution in [2.45, 2.75) is 44.8 Å². The Morgan fingerprint density at radius 2 is 1.95 bits per heavy atom. The van der Waals surface area contributed by atoms with E-state index in [-0.39, 0.29) is 0 Å². The normalized spacial score (nSPS) is 17.2. The van der Waals surface area contributed by atoms with Crippen molar-refractivity contribution in [1.29, 1.82) is 0 Å². The largest absolute Gasteiger partial charge is 0.389 e. The van der Waals surface area contributed by atoms with Crippen molar-refractivity contribution in [2.24, 2.45) is 0 Å². The molecule has 0 saturated heterocycles. The number of hydrogen-bond donors (Lipinski definition) is 2. The van der Waals surface area contributed by atoms with E-state index in [4.69, 9.17) is 0 Å². The van der Waals surface area contributed by atoms with Gasteiger partial charge in [-0.15, -0.1) is 0 Å². The van der Waals surface area contributed by atoms with E-state index in [2.05, 4.69) is 16.6 Å². The third-order valence-corrected chi connectivity index (χ3v) is 4.33. The van der Waals surface area contributed by atoms with Crippen molar-refractivity contribution in [1.82, 2.24) is 15.1 Å². The molecule has 0 bridgehead atoms. The van der Waals surface area contributed by atoms with Gasteiger partial charge in [0.25, 0.3) is 0 Å². The third kappa shape index (κ3) is 3.34. The molecular weight excluding hydrogens is 262 g/mol. The molecule has 1 aliphatic carbocycles. The highest BCUT2D eigenvalue weighted by molar-refractivity contribution is 5.32. The van der Waals surface area contributed by atoms with Gasteiger partial charge in [-0.05, 0) is 31.9 Å². The Bertz CT molecular complexity index is 585. The lowest BCUT2D eigenvalue weighted by atomic mass is 10.0. The summed E-state index contributed by atoms with van der Waals surface area (Å²) >= 11 is 0. The van der Waals surface area contributed by atoms with Crippen molar-refractivity contribution in [3.05, 3.63) is 47.8 Å². The highest BCUT2D eigenvalue weighted by Crippen LogP contribution is 2.28. The van der Waals surface area contributed by atoms with Gasteiger partial charge in [0.15, 0.2) is 0 Å². The highest BCUT2D eigenvalue weighted by atomic mass is 16.3. The Hall–Kier alpha value is -1.65. The van der Waals surface area contributed by atoms with E-state index in [1.54, 1.807) is 0 Å². The van der Waals surface area contributed by atoms with Crippen molar-refractivity contribution >= 4 is 0 Å². The van der Waals surface area contributed by atoms with Gasteiger partial charge in [0.05, 0.1) is 17.0 Å². The molecule has 21 heavy (non-hydrogen) atoms. The smallest absolute Gasteiger partial charge is 0.0771 e. The van der Waals surface area contributed by atoms with E-state index >= 15 is 0 Å². The maximum atomic E-state index is 10.3. The molecule has 0 unspecified atom stereocenters. The molecule has 0 spiro atoms. The summed E-state index contributed by atoms with van der Waals surface area (Å²) in [7, 11) is 0. The number of nitrogens with one attached hydrogen (secondary N) is 1. The first-order valence-electron chi connectivity index (χ1n) is 7.70. The number of aryl methyl sites for hydroxylation is 1. The van der Waals surface area contributed by atoms with E-state index in [9.17, 15) is 5.11 Å². The van der Waals surface area contributed by atoms with Crippen LogP contribution in [-0.4, -0.2) is 27.0 Å². The van der Waals surface area contributed by atoms with Crippen LogP contribution in [0.1, 0.15) is 36.9 Å². The van der Waals surface area contributed by atoms with Gasteiger partial charge in [0.2, 0.25) is 0 Å². The minimum atomic E-state index is -0.497. The predicted octanol–water partition coefficient (Wildman–Crippen LogP) is 2.58. The minimum Gasteiger partial charge on any atom is -0.389 e. The summed E-state index contributed by atoms with van der Waals surface area (Å²) in [5.41, 5.74) is 2.79. The van der Waals surface area contributed by atoms with E-state index in [0.29, 0.717) is 6.54 Å². The van der Waals surface area contributed by atoms with E-state index < -0.39 is 5.60 Å². The van der Waals surface area contributed by atoms with E-state index in [1.165, 1.54) is 5.56 Å². The Kier molecular flexibility index (Phi) is 4.08. The number of aromatic nitrogens is 2. The number of para-hydroxylation sites is 1. The van der Waals surface area contributed by atoms with Crippen LogP contribution in [0.4, 0.5) is 0 Å². The first-order chi connectivity index (χ1) is 10.2. The van der Waals surface area contributed by atoms with Gasteiger partial charge in [0, 0.05) is 24.8 Å². The highest BCUT2D eigenvalue weighted by Gasteiger charge is 2.30. The maximum Gasteiger partial charge on any atom is 0.0771 e. The van der Waals surface area contributed by atoms with Gasteiger partial charge in [0.1, 0.15) is 0 Å². The van der Waals surface area contributed by atoms with Crippen LogP contribution in [0.5, 0.6) is 0 Å². The second-order valence-electron chi connectivity index (χ2n) is 6.05. The zero-order valence-electron chi connectivity index (χ0n) is 12.5. The van der Waals surface area contributed by atoms with Gasteiger partial charge >= 0.3 is 0 Å². The van der Waals surface area contributed by atoms with Gasteiger partial charge in [-0.25, -0.2) is 4.68 Å². The molecule has 1 heterocycles. The van der Waals surface area contributed by atoms with Crippen LogP contribution in [0.3, 0.4) is 0 Å². The zero-order valence-corrected chi connectivity index (χ0v) is 12.5. The molecule has 1 aromatic carbocycles. The molecule has 0 aliphatic heterocycles. The Balaban J connectivity index is 1.62. The second kappa shape index (κ2) is 6.00. The van der Waals surface area contributed by atoms with E-state index in [0.717, 1.165) is 43.6 Å². The fraction of sp³-hybridized carbons (Fsp3) is 0.471. The molecule has 0 atom stereocenters.